The van der Waals surface area contributed by atoms with Gasteiger partial charge in [0.1, 0.15) is 10.8 Å². The molecule has 4 aliphatic rings. The van der Waals surface area contributed by atoms with E-state index in [1.807, 2.05) is 0 Å². The average Bonchev–Trinajstić information content (AvgIpc) is 3.05. The van der Waals surface area contributed by atoms with Gasteiger partial charge in [0, 0.05) is 5.41 Å². The van der Waals surface area contributed by atoms with Gasteiger partial charge in [0.2, 0.25) is 5.13 Å². The molecule has 4 bridgehead atoms. The number of aryl methyl sites for hydroxylation is 1. The van der Waals surface area contributed by atoms with Crippen molar-refractivity contribution in [3.8, 4) is 0 Å². The number of aromatic nitrogens is 4. The summed E-state index contributed by atoms with van der Waals surface area (Å²) in [6, 6.07) is 0. The Morgan fingerprint density at radius 1 is 1.19 bits per heavy atom. The number of nitrogens with one attached hydrogen (secondary N) is 1. The molecule has 0 radical (unpaired) electrons. The molecule has 0 aromatic carbocycles. The first-order valence-electron chi connectivity index (χ1n) is 9.15. The van der Waals surface area contributed by atoms with Crippen LogP contribution in [0.4, 0.5) is 5.13 Å². The molecule has 4 fully saturated rings. The van der Waals surface area contributed by atoms with Crippen LogP contribution in [-0.4, -0.2) is 26.1 Å². The summed E-state index contributed by atoms with van der Waals surface area (Å²) in [5, 5.41) is 13.4. The van der Waals surface area contributed by atoms with E-state index in [2.05, 4.69) is 25.5 Å². The second kappa shape index (κ2) is 5.96. The van der Waals surface area contributed by atoms with E-state index in [1.54, 1.807) is 6.92 Å². The summed E-state index contributed by atoms with van der Waals surface area (Å²) < 4.78 is 0. The predicted molar refractivity (Wildman–Crippen MR) is 99.5 cm³/mol. The van der Waals surface area contributed by atoms with Crippen LogP contribution >= 0.6 is 22.9 Å². The number of carbonyl (C=O) groups excluding carboxylic acids is 1. The Hall–Kier alpha value is -1.60. The molecule has 1 amide bonds. The van der Waals surface area contributed by atoms with Crippen molar-refractivity contribution in [3.63, 3.8) is 0 Å². The fourth-order valence-electron chi connectivity index (χ4n) is 5.63. The second-order valence-corrected chi connectivity index (χ2v) is 9.56. The fraction of sp³-hybridized carbons (Fsp3) is 0.611. The Kier molecular flexibility index (Phi) is 3.79. The van der Waals surface area contributed by atoms with Crippen LogP contribution in [0.15, 0.2) is 6.20 Å². The molecular formula is C18H20ClN5OS. The molecule has 0 atom stereocenters. The zero-order chi connectivity index (χ0) is 17.9. The molecule has 0 spiro atoms. The van der Waals surface area contributed by atoms with Crippen LogP contribution in [0, 0.1) is 24.7 Å². The molecule has 1 N–H and O–H groups in total. The maximum atomic E-state index is 12.5. The number of amides is 1. The highest BCUT2D eigenvalue weighted by Crippen LogP contribution is 2.61. The zero-order valence-corrected chi connectivity index (χ0v) is 16.1. The van der Waals surface area contributed by atoms with Crippen molar-refractivity contribution in [1.82, 2.24) is 20.2 Å². The Morgan fingerprint density at radius 3 is 2.50 bits per heavy atom. The van der Waals surface area contributed by atoms with Gasteiger partial charge in [-0.05, 0) is 63.2 Å². The van der Waals surface area contributed by atoms with Crippen LogP contribution in [0.3, 0.4) is 0 Å². The molecule has 0 unspecified atom stereocenters. The monoisotopic (exact) mass is 389 g/mol. The quantitative estimate of drug-likeness (QED) is 0.857. The largest absolute Gasteiger partial charge is 0.295 e. The van der Waals surface area contributed by atoms with Gasteiger partial charge in [0.25, 0.3) is 5.91 Å². The Bertz CT molecular complexity index is 847. The van der Waals surface area contributed by atoms with Crippen LogP contribution in [0.2, 0.25) is 5.02 Å². The smallest absolute Gasteiger partial charge is 0.277 e. The van der Waals surface area contributed by atoms with Gasteiger partial charge < -0.3 is 0 Å². The number of hydrogen-bond donors (Lipinski definition) is 1. The molecule has 6 rings (SSSR count). The second-order valence-electron chi connectivity index (χ2n) is 8.18. The molecule has 26 heavy (non-hydrogen) atoms. The van der Waals surface area contributed by atoms with Crippen molar-refractivity contribution in [2.24, 2.45) is 17.8 Å². The molecule has 0 aliphatic heterocycles. The third-order valence-electron chi connectivity index (χ3n) is 6.22. The lowest BCUT2D eigenvalue weighted by Crippen LogP contribution is -2.48. The van der Waals surface area contributed by atoms with Crippen LogP contribution < -0.4 is 5.32 Å². The van der Waals surface area contributed by atoms with E-state index in [0.29, 0.717) is 11.0 Å². The SMILES string of the molecule is Cc1ncc(Cl)c(C(=O)Nc2nnc(C34CC5CC(CC(C5)C3)C4)s2)n1. The Labute approximate surface area is 160 Å². The number of hydrogen-bond acceptors (Lipinski definition) is 6. The van der Waals surface area contributed by atoms with E-state index >= 15 is 0 Å². The number of rotatable bonds is 3. The third-order valence-corrected chi connectivity index (χ3v) is 7.58. The topological polar surface area (TPSA) is 80.7 Å². The van der Waals surface area contributed by atoms with Crippen LogP contribution in [-0.2, 0) is 5.41 Å². The molecule has 4 saturated carbocycles. The van der Waals surface area contributed by atoms with E-state index in [0.717, 1.165) is 22.8 Å². The molecule has 2 aromatic rings. The first-order chi connectivity index (χ1) is 12.5. The first-order valence-corrected chi connectivity index (χ1v) is 10.3. The standard InChI is InChI=1S/C18H20ClN5OS/c1-9-20-8-13(19)14(21-9)15(25)22-17-24-23-16(26-17)18-5-10-2-11(6-18)4-12(3-10)7-18/h8,10-12H,2-7H2,1H3,(H,22,24,25). The minimum absolute atomic E-state index is 0.172. The molecule has 136 valence electrons. The van der Waals surface area contributed by atoms with Gasteiger partial charge in [0.15, 0.2) is 5.69 Å². The van der Waals surface area contributed by atoms with E-state index in [4.69, 9.17) is 11.6 Å². The summed E-state index contributed by atoms with van der Waals surface area (Å²) in [6.45, 7) is 1.73. The molecule has 2 heterocycles. The minimum Gasteiger partial charge on any atom is -0.295 e. The van der Waals surface area contributed by atoms with Gasteiger partial charge in [-0.15, -0.1) is 10.2 Å². The van der Waals surface area contributed by atoms with Crippen molar-refractivity contribution in [2.75, 3.05) is 5.32 Å². The number of nitrogens with zero attached hydrogens (tertiary/aromatic N) is 4. The van der Waals surface area contributed by atoms with Gasteiger partial charge in [-0.3, -0.25) is 10.1 Å². The Balaban J connectivity index is 1.38. The van der Waals surface area contributed by atoms with Gasteiger partial charge >= 0.3 is 0 Å². The molecular weight excluding hydrogens is 370 g/mol. The maximum Gasteiger partial charge on any atom is 0.277 e. The third kappa shape index (κ3) is 2.72. The van der Waals surface area contributed by atoms with Crippen LogP contribution in [0.25, 0.3) is 0 Å². The van der Waals surface area contributed by atoms with Crippen LogP contribution in [0.1, 0.15) is 59.8 Å². The summed E-state index contributed by atoms with van der Waals surface area (Å²) in [5.41, 5.74) is 0.365. The summed E-state index contributed by atoms with van der Waals surface area (Å²) >= 11 is 7.57. The molecule has 4 aliphatic carbocycles. The van der Waals surface area contributed by atoms with Crippen LogP contribution in [0.5, 0.6) is 0 Å². The van der Waals surface area contributed by atoms with Gasteiger partial charge in [-0.2, -0.15) is 0 Å². The van der Waals surface area contributed by atoms with Crippen molar-refractivity contribution < 1.29 is 4.79 Å². The first kappa shape index (κ1) is 16.6. The van der Waals surface area contributed by atoms with Crippen molar-refractivity contribution in [2.45, 2.75) is 50.9 Å². The highest BCUT2D eigenvalue weighted by molar-refractivity contribution is 7.15. The molecule has 0 saturated heterocycles. The minimum atomic E-state index is -0.367. The fourth-order valence-corrected chi connectivity index (χ4v) is 6.77. The van der Waals surface area contributed by atoms with Crippen molar-refractivity contribution in [3.05, 3.63) is 27.7 Å². The van der Waals surface area contributed by atoms with Gasteiger partial charge in [-0.25, -0.2) is 9.97 Å². The van der Waals surface area contributed by atoms with E-state index < -0.39 is 0 Å². The predicted octanol–water partition coefficient (Wildman–Crippen LogP) is 4.01. The lowest BCUT2D eigenvalue weighted by molar-refractivity contribution is -0.00555. The lowest BCUT2D eigenvalue weighted by atomic mass is 9.50. The summed E-state index contributed by atoms with van der Waals surface area (Å²) in [7, 11) is 0. The molecule has 6 nitrogen and oxygen atoms in total. The van der Waals surface area contributed by atoms with Gasteiger partial charge in [0.05, 0.1) is 11.2 Å². The number of carbonyl (C=O) groups is 1. The molecule has 2 aromatic heterocycles. The normalized spacial score (nSPS) is 32.0. The number of anilines is 1. The average molecular weight is 390 g/mol. The molecule has 8 heteroatoms. The summed E-state index contributed by atoms with van der Waals surface area (Å²) in [4.78, 5) is 20.6. The van der Waals surface area contributed by atoms with Crippen molar-refractivity contribution >= 4 is 34.0 Å². The highest BCUT2D eigenvalue weighted by atomic mass is 35.5. The van der Waals surface area contributed by atoms with E-state index in [-0.39, 0.29) is 22.0 Å². The zero-order valence-electron chi connectivity index (χ0n) is 14.5. The Morgan fingerprint density at radius 2 is 1.85 bits per heavy atom. The van der Waals surface area contributed by atoms with E-state index in [1.165, 1.54) is 56.1 Å². The van der Waals surface area contributed by atoms with Crippen molar-refractivity contribution in [1.29, 1.82) is 0 Å². The lowest BCUT2D eigenvalue weighted by Gasteiger charge is -2.55. The van der Waals surface area contributed by atoms with E-state index in [9.17, 15) is 4.79 Å². The van der Waals surface area contributed by atoms with Gasteiger partial charge in [-0.1, -0.05) is 22.9 Å². The summed E-state index contributed by atoms with van der Waals surface area (Å²) in [5.74, 6) is 2.70. The highest BCUT2D eigenvalue weighted by Gasteiger charge is 2.53. The summed E-state index contributed by atoms with van der Waals surface area (Å²) in [6.07, 6.45) is 9.34. The number of halogens is 1. The maximum absolute atomic E-state index is 12.5.